The molecule has 0 saturated carbocycles. The molecule has 20 heavy (non-hydrogen) atoms. The van der Waals surface area contributed by atoms with Gasteiger partial charge < -0.3 is 4.74 Å². The van der Waals surface area contributed by atoms with Crippen molar-refractivity contribution in [2.24, 2.45) is 0 Å². The van der Waals surface area contributed by atoms with Crippen LogP contribution in [0, 0.1) is 22.9 Å². The van der Waals surface area contributed by atoms with Crippen molar-refractivity contribution in [3.05, 3.63) is 56.0 Å². The molecule has 0 saturated heterocycles. The second-order valence-electron chi connectivity index (χ2n) is 3.99. The number of hydrogen-bond acceptors (Lipinski definition) is 5. The fraction of sp³-hybridized carbons (Fsp3) is 0.154. The molecule has 0 aliphatic heterocycles. The van der Waals surface area contributed by atoms with E-state index < -0.39 is 10.7 Å². The van der Waals surface area contributed by atoms with Gasteiger partial charge in [0.2, 0.25) is 5.78 Å². The van der Waals surface area contributed by atoms with Gasteiger partial charge in [0.25, 0.3) is 5.69 Å². The number of benzene rings is 1. The van der Waals surface area contributed by atoms with Crippen LogP contribution in [0.1, 0.15) is 14.5 Å². The van der Waals surface area contributed by atoms with E-state index in [-0.39, 0.29) is 23.8 Å². The fourth-order valence-corrected chi connectivity index (χ4v) is 2.31. The molecular formula is C13H10FNO4S. The van der Waals surface area contributed by atoms with Gasteiger partial charge in [0.05, 0.1) is 15.9 Å². The van der Waals surface area contributed by atoms with Crippen LogP contribution in [0.3, 0.4) is 0 Å². The first-order valence-corrected chi connectivity index (χ1v) is 6.45. The summed E-state index contributed by atoms with van der Waals surface area (Å²) >= 11 is 1.33. The minimum atomic E-state index is -0.866. The molecule has 1 heterocycles. The SMILES string of the molecule is Cc1ccc(C(=O)COc2ccc([N+](=O)[O-])cc2F)s1. The minimum Gasteiger partial charge on any atom is -0.482 e. The van der Waals surface area contributed by atoms with E-state index in [1.54, 1.807) is 6.07 Å². The highest BCUT2D eigenvalue weighted by Crippen LogP contribution is 2.23. The number of nitro benzene ring substituents is 1. The molecule has 0 N–H and O–H groups in total. The number of carbonyl (C=O) groups excluding carboxylic acids is 1. The number of non-ortho nitro benzene ring substituents is 1. The average molecular weight is 295 g/mol. The number of thiophene rings is 1. The van der Waals surface area contributed by atoms with E-state index in [0.29, 0.717) is 4.88 Å². The number of nitro groups is 1. The molecule has 0 aliphatic carbocycles. The van der Waals surface area contributed by atoms with Crippen molar-refractivity contribution < 1.29 is 18.8 Å². The van der Waals surface area contributed by atoms with E-state index >= 15 is 0 Å². The molecule has 5 nitrogen and oxygen atoms in total. The summed E-state index contributed by atoms with van der Waals surface area (Å²) in [7, 11) is 0. The second kappa shape index (κ2) is 5.79. The lowest BCUT2D eigenvalue weighted by Gasteiger charge is -2.05. The largest absolute Gasteiger partial charge is 0.482 e. The lowest BCUT2D eigenvalue weighted by atomic mass is 10.3. The van der Waals surface area contributed by atoms with Crippen molar-refractivity contribution >= 4 is 22.8 Å². The van der Waals surface area contributed by atoms with Crippen LogP contribution in [0.15, 0.2) is 30.3 Å². The van der Waals surface area contributed by atoms with E-state index in [2.05, 4.69) is 0 Å². The molecule has 0 atom stereocenters. The summed E-state index contributed by atoms with van der Waals surface area (Å²) in [5, 5.41) is 10.5. The zero-order valence-electron chi connectivity index (χ0n) is 10.5. The molecule has 2 aromatic rings. The quantitative estimate of drug-likeness (QED) is 0.482. The number of carbonyl (C=O) groups is 1. The maximum atomic E-state index is 13.5. The van der Waals surface area contributed by atoms with Crippen molar-refractivity contribution in [3.63, 3.8) is 0 Å². The van der Waals surface area contributed by atoms with Crippen LogP contribution < -0.4 is 4.74 Å². The average Bonchev–Trinajstić information content (AvgIpc) is 2.83. The Morgan fingerprint density at radius 3 is 2.70 bits per heavy atom. The predicted molar refractivity (Wildman–Crippen MR) is 71.9 cm³/mol. The van der Waals surface area contributed by atoms with Gasteiger partial charge in [0.15, 0.2) is 18.2 Å². The predicted octanol–water partition coefficient (Wildman–Crippen LogP) is 3.37. The second-order valence-corrected chi connectivity index (χ2v) is 5.28. The first-order valence-electron chi connectivity index (χ1n) is 5.64. The number of Topliss-reactive ketones (excluding diaryl/α,β-unsaturated/α-hetero) is 1. The molecular weight excluding hydrogens is 285 g/mol. The molecule has 0 spiro atoms. The molecule has 1 aromatic heterocycles. The van der Waals surface area contributed by atoms with Gasteiger partial charge in [-0.2, -0.15) is 0 Å². The Morgan fingerprint density at radius 1 is 1.40 bits per heavy atom. The van der Waals surface area contributed by atoms with Gasteiger partial charge in [-0.15, -0.1) is 11.3 Å². The van der Waals surface area contributed by atoms with E-state index in [1.807, 2.05) is 13.0 Å². The van der Waals surface area contributed by atoms with Gasteiger partial charge in [0, 0.05) is 10.9 Å². The van der Waals surface area contributed by atoms with Crippen LogP contribution in [0.25, 0.3) is 0 Å². The van der Waals surface area contributed by atoms with Crippen LogP contribution in [-0.2, 0) is 0 Å². The maximum Gasteiger partial charge on any atom is 0.272 e. The molecule has 0 fully saturated rings. The number of rotatable bonds is 5. The smallest absolute Gasteiger partial charge is 0.272 e. The number of nitrogens with zero attached hydrogens (tertiary/aromatic N) is 1. The molecule has 0 amide bonds. The summed E-state index contributed by atoms with van der Waals surface area (Å²) < 4.78 is 18.6. The lowest BCUT2D eigenvalue weighted by Crippen LogP contribution is -2.10. The van der Waals surface area contributed by atoms with Crippen molar-refractivity contribution in [2.75, 3.05) is 6.61 Å². The molecule has 0 bridgehead atoms. The topological polar surface area (TPSA) is 69.4 Å². The third kappa shape index (κ3) is 3.18. The van der Waals surface area contributed by atoms with Crippen molar-refractivity contribution in [1.29, 1.82) is 0 Å². The van der Waals surface area contributed by atoms with Gasteiger partial charge in [-0.25, -0.2) is 4.39 Å². The maximum absolute atomic E-state index is 13.5. The summed E-state index contributed by atoms with van der Waals surface area (Å²) in [6.07, 6.45) is 0. The van der Waals surface area contributed by atoms with Gasteiger partial charge in [-0.1, -0.05) is 0 Å². The van der Waals surface area contributed by atoms with Gasteiger partial charge in [0.1, 0.15) is 0 Å². The van der Waals surface area contributed by atoms with Crippen LogP contribution in [0.4, 0.5) is 10.1 Å². The molecule has 0 radical (unpaired) electrons. The highest BCUT2D eigenvalue weighted by Gasteiger charge is 2.14. The Bertz CT molecular complexity index is 668. The van der Waals surface area contributed by atoms with Gasteiger partial charge in [-0.3, -0.25) is 14.9 Å². The Kier molecular flexibility index (Phi) is 4.09. The number of hydrogen-bond donors (Lipinski definition) is 0. The fourth-order valence-electron chi connectivity index (χ4n) is 1.52. The summed E-state index contributed by atoms with van der Waals surface area (Å²) in [6.45, 7) is 1.56. The highest BCUT2D eigenvalue weighted by molar-refractivity contribution is 7.14. The zero-order valence-corrected chi connectivity index (χ0v) is 11.3. The number of ether oxygens (including phenoxy) is 1. The molecule has 1 aromatic carbocycles. The van der Waals surface area contributed by atoms with Crippen LogP contribution in [-0.4, -0.2) is 17.3 Å². The summed E-state index contributed by atoms with van der Waals surface area (Å²) in [5.41, 5.74) is -0.366. The van der Waals surface area contributed by atoms with Gasteiger partial charge >= 0.3 is 0 Å². The highest BCUT2D eigenvalue weighted by atomic mass is 32.1. The van der Waals surface area contributed by atoms with E-state index in [4.69, 9.17) is 4.74 Å². The molecule has 0 aliphatic rings. The van der Waals surface area contributed by atoms with E-state index in [0.717, 1.165) is 23.1 Å². The minimum absolute atomic E-state index is 0.183. The molecule has 7 heteroatoms. The van der Waals surface area contributed by atoms with E-state index in [9.17, 15) is 19.3 Å². The molecule has 104 valence electrons. The Hall–Kier alpha value is -2.28. The summed E-state index contributed by atoms with van der Waals surface area (Å²) in [4.78, 5) is 23.1. The van der Waals surface area contributed by atoms with E-state index in [1.165, 1.54) is 11.3 Å². The van der Waals surface area contributed by atoms with Crippen molar-refractivity contribution in [3.8, 4) is 5.75 Å². The number of ketones is 1. The van der Waals surface area contributed by atoms with Crippen LogP contribution in [0.2, 0.25) is 0 Å². The first kappa shape index (κ1) is 14.1. The Balaban J connectivity index is 2.04. The molecule has 2 rings (SSSR count). The molecule has 0 unspecified atom stereocenters. The number of halogens is 1. The van der Waals surface area contributed by atoms with Crippen LogP contribution >= 0.6 is 11.3 Å². The normalized spacial score (nSPS) is 10.3. The van der Waals surface area contributed by atoms with Crippen molar-refractivity contribution in [1.82, 2.24) is 0 Å². The standard InChI is InChI=1S/C13H10FNO4S/c1-8-2-5-13(20-8)11(16)7-19-12-4-3-9(15(17)18)6-10(12)14/h2-6H,7H2,1H3. The zero-order chi connectivity index (χ0) is 14.7. The first-order chi connectivity index (χ1) is 9.47. The van der Waals surface area contributed by atoms with Gasteiger partial charge in [-0.05, 0) is 25.1 Å². The monoisotopic (exact) mass is 295 g/mol. The van der Waals surface area contributed by atoms with Crippen LogP contribution in [0.5, 0.6) is 5.75 Å². The Labute approximate surface area is 117 Å². The Morgan fingerprint density at radius 2 is 2.15 bits per heavy atom. The third-order valence-electron chi connectivity index (χ3n) is 2.50. The summed E-state index contributed by atoms with van der Waals surface area (Å²) in [6, 6.07) is 6.51. The summed E-state index contributed by atoms with van der Waals surface area (Å²) in [5.74, 6) is -1.31. The lowest BCUT2D eigenvalue weighted by molar-refractivity contribution is -0.385. The van der Waals surface area contributed by atoms with Crippen molar-refractivity contribution in [2.45, 2.75) is 6.92 Å². The third-order valence-corrected chi connectivity index (χ3v) is 3.54. The number of aryl methyl sites for hydroxylation is 1.